The molecule has 0 radical (unpaired) electrons. The summed E-state index contributed by atoms with van der Waals surface area (Å²) in [6, 6.07) is 0. The summed E-state index contributed by atoms with van der Waals surface area (Å²) < 4.78 is 0. The van der Waals surface area contributed by atoms with Crippen molar-refractivity contribution in [1.82, 2.24) is 0 Å². The zero-order valence-corrected chi connectivity index (χ0v) is 5.34. The molecule has 0 atom stereocenters. The van der Waals surface area contributed by atoms with E-state index in [0.717, 1.165) is 6.69 Å². The van der Waals surface area contributed by atoms with Crippen LogP contribution < -0.4 is 0 Å². The van der Waals surface area contributed by atoms with Gasteiger partial charge in [0.1, 0.15) is 0 Å². The van der Waals surface area contributed by atoms with Gasteiger partial charge in [0.05, 0.1) is 0 Å². The number of halogens is 1. The molecule has 0 spiro atoms. The normalized spacial score (nSPS) is 11.3. The van der Waals surface area contributed by atoms with Crippen molar-refractivity contribution in [3.05, 3.63) is 0 Å². The first-order valence-corrected chi connectivity index (χ1v) is 2.66. The Balaban J connectivity index is 3.17. The van der Waals surface area contributed by atoms with Crippen LogP contribution >= 0.6 is 11.5 Å². The van der Waals surface area contributed by atoms with E-state index in [1.807, 2.05) is 0 Å². The van der Waals surface area contributed by atoms with Crippen molar-refractivity contribution >= 4 is 18.2 Å². The second kappa shape index (κ2) is 1.88. The van der Waals surface area contributed by atoms with Gasteiger partial charge in [-0.2, -0.15) is 0 Å². The molecular formula is C4H10BCl. The highest BCUT2D eigenvalue weighted by Crippen LogP contribution is 2.20. The van der Waals surface area contributed by atoms with Crippen molar-refractivity contribution in [2.45, 2.75) is 26.1 Å². The summed E-state index contributed by atoms with van der Waals surface area (Å²) in [7, 11) is 0. The quantitative estimate of drug-likeness (QED) is 0.411. The van der Waals surface area contributed by atoms with Gasteiger partial charge in [0.2, 0.25) is 6.69 Å². The molecule has 0 aromatic rings. The first-order chi connectivity index (χ1) is 2.56. The van der Waals surface area contributed by atoms with Crippen LogP contribution in [-0.4, -0.2) is 6.69 Å². The molecule has 0 amide bonds. The summed E-state index contributed by atoms with van der Waals surface area (Å²) in [5.41, 5.74) is 0. The molecule has 0 aliphatic carbocycles. The Labute approximate surface area is 45.0 Å². The molecule has 0 aliphatic rings. The van der Waals surface area contributed by atoms with Gasteiger partial charge in [0, 0.05) is 0 Å². The van der Waals surface area contributed by atoms with Crippen LogP contribution in [0, 0.1) is 0 Å². The maximum absolute atomic E-state index is 5.48. The molecule has 0 rings (SSSR count). The second-order valence-corrected chi connectivity index (χ2v) is 2.96. The molecule has 36 valence electrons. The van der Waals surface area contributed by atoms with Crippen molar-refractivity contribution in [3.8, 4) is 0 Å². The molecule has 0 heterocycles. The van der Waals surface area contributed by atoms with Crippen LogP contribution in [-0.2, 0) is 0 Å². The Bertz CT molecular complexity index is 37.3. The molecule has 6 heavy (non-hydrogen) atoms. The summed E-state index contributed by atoms with van der Waals surface area (Å²) in [6.07, 6.45) is 0. The summed E-state index contributed by atoms with van der Waals surface area (Å²) in [5.74, 6) is 0. The Morgan fingerprint density at radius 1 is 1.33 bits per heavy atom. The van der Waals surface area contributed by atoms with Crippen molar-refractivity contribution in [3.63, 3.8) is 0 Å². The van der Waals surface area contributed by atoms with Gasteiger partial charge in [-0.05, 0) is 5.31 Å². The highest BCUT2D eigenvalue weighted by atomic mass is 35.5. The van der Waals surface area contributed by atoms with Crippen molar-refractivity contribution < 1.29 is 0 Å². The lowest BCUT2D eigenvalue weighted by atomic mass is 9.73. The monoisotopic (exact) mass is 104 g/mol. The van der Waals surface area contributed by atoms with Gasteiger partial charge in [-0.1, -0.05) is 20.8 Å². The minimum atomic E-state index is 0.307. The van der Waals surface area contributed by atoms with Crippen LogP contribution in [0.3, 0.4) is 0 Å². The van der Waals surface area contributed by atoms with Crippen molar-refractivity contribution in [1.29, 1.82) is 0 Å². The SMILES string of the molecule is CC(C)(C)BCl. The fourth-order valence-electron chi connectivity index (χ4n) is 0. The topological polar surface area (TPSA) is 0 Å². The van der Waals surface area contributed by atoms with Crippen LogP contribution in [0.25, 0.3) is 0 Å². The Kier molecular flexibility index (Phi) is 1.99. The van der Waals surface area contributed by atoms with E-state index < -0.39 is 0 Å². The van der Waals surface area contributed by atoms with E-state index in [1.54, 1.807) is 0 Å². The van der Waals surface area contributed by atoms with Crippen LogP contribution in [0.15, 0.2) is 0 Å². The molecule has 0 aromatic heterocycles. The molecule has 0 N–H and O–H groups in total. The Morgan fingerprint density at radius 2 is 1.50 bits per heavy atom. The van der Waals surface area contributed by atoms with Crippen LogP contribution in [0.4, 0.5) is 0 Å². The molecule has 0 saturated carbocycles. The van der Waals surface area contributed by atoms with Crippen LogP contribution in [0.1, 0.15) is 20.8 Å². The van der Waals surface area contributed by atoms with Crippen LogP contribution in [0.5, 0.6) is 0 Å². The second-order valence-electron chi connectivity index (χ2n) is 2.69. The molecule has 0 aromatic carbocycles. The van der Waals surface area contributed by atoms with E-state index in [-0.39, 0.29) is 0 Å². The summed E-state index contributed by atoms with van der Waals surface area (Å²) in [5, 5.41) is 0.307. The minimum absolute atomic E-state index is 0.307. The van der Waals surface area contributed by atoms with Crippen LogP contribution in [0.2, 0.25) is 5.31 Å². The minimum Gasteiger partial charge on any atom is -0.200 e. The van der Waals surface area contributed by atoms with Crippen molar-refractivity contribution in [2.24, 2.45) is 0 Å². The third-order valence-electron chi connectivity index (χ3n) is 0.401. The average Bonchev–Trinajstić information content (AvgIpc) is 1.35. The zero-order chi connectivity index (χ0) is 5.21. The maximum Gasteiger partial charge on any atom is 0.238 e. The third-order valence-corrected chi connectivity index (χ3v) is 1.20. The highest BCUT2D eigenvalue weighted by molar-refractivity contribution is 6.95. The largest absolute Gasteiger partial charge is 0.238 e. The molecule has 0 saturated heterocycles. The van der Waals surface area contributed by atoms with Gasteiger partial charge in [-0.25, -0.2) is 11.5 Å². The first kappa shape index (κ1) is 6.35. The lowest BCUT2D eigenvalue weighted by Crippen LogP contribution is -1.99. The number of hydrogen-bond acceptors (Lipinski definition) is 0. The van der Waals surface area contributed by atoms with Gasteiger partial charge < -0.3 is 0 Å². The lowest BCUT2D eigenvalue weighted by molar-refractivity contribution is 0.763. The van der Waals surface area contributed by atoms with Gasteiger partial charge in [0.15, 0.2) is 0 Å². The lowest BCUT2D eigenvalue weighted by Gasteiger charge is -2.09. The van der Waals surface area contributed by atoms with Gasteiger partial charge in [-0.15, -0.1) is 0 Å². The highest BCUT2D eigenvalue weighted by Gasteiger charge is 2.07. The van der Waals surface area contributed by atoms with E-state index in [1.165, 1.54) is 0 Å². The first-order valence-electron chi connectivity index (χ1n) is 2.12. The number of hydrogen-bond donors (Lipinski definition) is 0. The summed E-state index contributed by atoms with van der Waals surface area (Å²) >= 11 is 5.48. The molecule has 0 nitrogen and oxygen atoms in total. The molecule has 0 aliphatic heterocycles. The molecule has 0 fully saturated rings. The van der Waals surface area contributed by atoms with E-state index in [2.05, 4.69) is 20.8 Å². The standard InChI is InChI=1S/C4H10BCl/c1-4(2,3)5-6/h5H,1-3H3. The smallest absolute Gasteiger partial charge is 0.200 e. The van der Waals surface area contributed by atoms with E-state index >= 15 is 0 Å². The molecule has 2 heteroatoms. The molecular weight excluding hydrogens is 94.3 g/mol. The van der Waals surface area contributed by atoms with Gasteiger partial charge in [0.25, 0.3) is 0 Å². The average molecular weight is 104 g/mol. The Hall–Kier alpha value is 0.355. The maximum atomic E-state index is 5.48. The van der Waals surface area contributed by atoms with E-state index in [4.69, 9.17) is 11.5 Å². The molecule has 0 bridgehead atoms. The predicted octanol–water partition coefficient (Wildman–Crippen LogP) is 1.80. The van der Waals surface area contributed by atoms with E-state index in [9.17, 15) is 0 Å². The fraction of sp³-hybridized carbons (Fsp3) is 1.00. The Morgan fingerprint density at radius 3 is 1.50 bits per heavy atom. The zero-order valence-electron chi connectivity index (χ0n) is 4.59. The van der Waals surface area contributed by atoms with Gasteiger partial charge >= 0.3 is 0 Å². The molecule has 0 unspecified atom stereocenters. The van der Waals surface area contributed by atoms with Gasteiger partial charge in [-0.3, -0.25) is 0 Å². The summed E-state index contributed by atoms with van der Waals surface area (Å²) in [6.45, 7) is 7.08. The number of rotatable bonds is 0. The summed E-state index contributed by atoms with van der Waals surface area (Å²) in [4.78, 5) is 0. The van der Waals surface area contributed by atoms with Crippen molar-refractivity contribution in [2.75, 3.05) is 0 Å². The fourth-order valence-corrected chi connectivity index (χ4v) is 0. The third kappa shape index (κ3) is 4.35. The predicted molar refractivity (Wildman–Crippen MR) is 32.7 cm³/mol. The van der Waals surface area contributed by atoms with E-state index in [0.29, 0.717) is 5.31 Å².